The zero-order valence-corrected chi connectivity index (χ0v) is 9.58. The van der Waals surface area contributed by atoms with Crippen LogP contribution in [-0.4, -0.2) is 12.2 Å². The molecule has 0 aliphatic heterocycles. The van der Waals surface area contributed by atoms with Gasteiger partial charge in [-0.2, -0.15) is 0 Å². The average Bonchev–Trinajstić information content (AvgIpc) is 2.15. The van der Waals surface area contributed by atoms with Crippen molar-refractivity contribution in [3.63, 3.8) is 0 Å². The third kappa shape index (κ3) is 1.74. The lowest BCUT2D eigenvalue weighted by atomic mass is 9.67. The second-order valence-corrected chi connectivity index (χ2v) is 4.73. The van der Waals surface area contributed by atoms with E-state index in [0.717, 1.165) is 29.7 Å². The molecule has 0 amide bonds. The van der Waals surface area contributed by atoms with Crippen molar-refractivity contribution in [1.82, 2.24) is 0 Å². The average molecular weight is 206 g/mol. The first kappa shape index (κ1) is 10.5. The van der Waals surface area contributed by atoms with Crippen molar-refractivity contribution in [3.05, 3.63) is 29.3 Å². The van der Waals surface area contributed by atoms with E-state index in [4.69, 9.17) is 4.74 Å². The molecule has 0 heterocycles. The minimum absolute atomic E-state index is 0.588. The van der Waals surface area contributed by atoms with Crippen LogP contribution < -0.4 is 4.74 Å². The van der Waals surface area contributed by atoms with Gasteiger partial charge in [-0.3, -0.25) is 0 Å². The van der Waals surface area contributed by atoms with E-state index in [1.165, 1.54) is 0 Å². The number of ether oxygens (including phenoxy) is 1. The van der Waals surface area contributed by atoms with Gasteiger partial charge in [0.05, 0.1) is 12.7 Å². The Labute approximate surface area is 90.9 Å². The molecule has 1 aromatic carbocycles. The van der Waals surface area contributed by atoms with Crippen molar-refractivity contribution in [1.29, 1.82) is 0 Å². The van der Waals surface area contributed by atoms with E-state index < -0.39 is 5.60 Å². The molecule has 15 heavy (non-hydrogen) atoms. The molecule has 2 nitrogen and oxygen atoms in total. The van der Waals surface area contributed by atoms with Gasteiger partial charge in [-0.1, -0.05) is 13.0 Å². The predicted molar refractivity (Wildman–Crippen MR) is 60.0 cm³/mol. The molecule has 0 bridgehead atoms. The fraction of sp³-hybridized carbons (Fsp3) is 0.538. The molecule has 0 spiro atoms. The number of rotatable bonds is 2. The molecule has 0 saturated heterocycles. The summed E-state index contributed by atoms with van der Waals surface area (Å²) in [6.07, 6.45) is 1.75. The second kappa shape index (κ2) is 3.53. The van der Waals surface area contributed by atoms with Crippen LogP contribution in [0.5, 0.6) is 5.75 Å². The molecule has 1 aliphatic carbocycles. The van der Waals surface area contributed by atoms with Crippen LogP contribution in [0.15, 0.2) is 18.2 Å². The summed E-state index contributed by atoms with van der Waals surface area (Å²) in [4.78, 5) is 0. The predicted octanol–water partition coefficient (Wildman–Crippen LogP) is 2.62. The SMILES string of the molecule is COc1ccc(C2(O)CC(C)C2)c(C)c1. The zero-order chi connectivity index (χ0) is 11.1. The Morgan fingerprint density at radius 3 is 2.53 bits per heavy atom. The summed E-state index contributed by atoms with van der Waals surface area (Å²) in [6, 6.07) is 5.89. The summed E-state index contributed by atoms with van der Waals surface area (Å²) in [5, 5.41) is 10.4. The van der Waals surface area contributed by atoms with Gasteiger partial charge >= 0.3 is 0 Å². The Balaban J connectivity index is 2.29. The highest BCUT2D eigenvalue weighted by Gasteiger charge is 2.42. The van der Waals surface area contributed by atoms with Crippen LogP contribution in [0.1, 0.15) is 30.9 Å². The first-order chi connectivity index (χ1) is 7.05. The number of aliphatic hydroxyl groups is 1. The standard InChI is InChI=1S/C13H18O2/c1-9-7-13(14,8-9)12-5-4-11(15-3)6-10(12)2/h4-6,9,14H,7-8H2,1-3H3. The summed E-state index contributed by atoms with van der Waals surface area (Å²) in [5.41, 5.74) is 1.58. The third-order valence-electron chi connectivity index (χ3n) is 3.31. The van der Waals surface area contributed by atoms with Gasteiger partial charge in [0.1, 0.15) is 5.75 Å². The summed E-state index contributed by atoms with van der Waals surface area (Å²) in [5.74, 6) is 1.49. The maximum atomic E-state index is 10.4. The van der Waals surface area contributed by atoms with Crippen molar-refractivity contribution in [2.24, 2.45) is 5.92 Å². The quantitative estimate of drug-likeness (QED) is 0.806. The Bertz CT molecular complexity index is 365. The number of aryl methyl sites for hydroxylation is 1. The molecule has 0 atom stereocenters. The highest BCUT2D eigenvalue weighted by Crippen LogP contribution is 2.46. The maximum Gasteiger partial charge on any atom is 0.119 e. The molecule has 0 aromatic heterocycles. The topological polar surface area (TPSA) is 29.5 Å². The minimum Gasteiger partial charge on any atom is -0.497 e. The van der Waals surface area contributed by atoms with Crippen molar-refractivity contribution in [3.8, 4) is 5.75 Å². The second-order valence-electron chi connectivity index (χ2n) is 4.73. The van der Waals surface area contributed by atoms with Crippen LogP contribution in [0.25, 0.3) is 0 Å². The fourth-order valence-corrected chi connectivity index (χ4v) is 2.60. The molecule has 0 unspecified atom stereocenters. The number of hydrogen-bond donors (Lipinski definition) is 1. The summed E-state index contributed by atoms with van der Waals surface area (Å²) < 4.78 is 5.15. The Morgan fingerprint density at radius 1 is 1.40 bits per heavy atom. The Kier molecular flexibility index (Phi) is 2.47. The molecule has 1 N–H and O–H groups in total. The number of methoxy groups -OCH3 is 1. The van der Waals surface area contributed by atoms with Crippen LogP contribution in [-0.2, 0) is 5.60 Å². The van der Waals surface area contributed by atoms with Gasteiger partial charge in [-0.15, -0.1) is 0 Å². The van der Waals surface area contributed by atoms with Gasteiger partial charge in [0.25, 0.3) is 0 Å². The summed E-state index contributed by atoms with van der Waals surface area (Å²) in [7, 11) is 1.66. The van der Waals surface area contributed by atoms with Gasteiger partial charge < -0.3 is 9.84 Å². The van der Waals surface area contributed by atoms with Gasteiger partial charge in [0.15, 0.2) is 0 Å². The highest BCUT2D eigenvalue weighted by atomic mass is 16.5. The number of benzene rings is 1. The lowest BCUT2D eigenvalue weighted by Crippen LogP contribution is -2.40. The molecule has 1 aromatic rings. The van der Waals surface area contributed by atoms with Gasteiger partial charge in [0, 0.05) is 0 Å². The Hall–Kier alpha value is -1.02. The monoisotopic (exact) mass is 206 g/mol. The van der Waals surface area contributed by atoms with Crippen molar-refractivity contribution >= 4 is 0 Å². The lowest BCUT2D eigenvalue weighted by molar-refractivity contribution is -0.0743. The van der Waals surface area contributed by atoms with E-state index in [1.54, 1.807) is 7.11 Å². The van der Waals surface area contributed by atoms with E-state index in [2.05, 4.69) is 6.92 Å². The third-order valence-corrected chi connectivity index (χ3v) is 3.31. The van der Waals surface area contributed by atoms with Crippen molar-refractivity contribution in [2.45, 2.75) is 32.3 Å². The smallest absolute Gasteiger partial charge is 0.119 e. The van der Waals surface area contributed by atoms with Crippen LogP contribution in [0.2, 0.25) is 0 Å². The van der Waals surface area contributed by atoms with E-state index in [0.29, 0.717) is 5.92 Å². The fourth-order valence-electron chi connectivity index (χ4n) is 2.60. The highest BCUT2D eigenvalue weighted by molar-refractivity contribution is 5.39. The van der Waals surface area contributed by atoms with Crippen molar-refractivity contribution < 1.29 is 9.84 Å². The summed E-state index contributed by atoms with van der Waals surface area (Å²) in [6.45, 7) is 4.20. The molecular weight excluding hydrogens is 188 g/mol. The normalized spacial score (nSPS) is 29.7. The molecule has 0 radical (unpaired) electrons. The van der Waals surface area contributed by atoms with Gasteiger partial charge in [0.2, 0.25) is 0 Å². The summed E-state index contributed by atoms with van der Waals surface area (Å²) >= 11 is 0. The number of hydrogen-bond acceptors (Lipinski definition) is 2. The van der Waals surface area contributed by atoms with Gasteiger partial charge in [-0.25, -0.2) is 0 Å². The van der Waals surface area contributed by atoms with E-state index in [9.17, 15) is 5.11 Å². The molecule has 1 aliphatic rings. The van der Waals surface area contributed by atoms with Crippen LogP contribution >= 0.6 is 0 Å². The van der Waals surface area contributed by atoms with Crippen LogP contribution in [0.4, 0.5) is 0 Å². The van der Waals surface area contributed by atoms with Crippen LogP contribution in [0, 0.1) is 12.8 Å². The van der Waals surface area contributed by atoms with Crippen molar-refractivity contribution in [2.75, 3.05) is 7.11 Å². The van der Waals surface area contributed by atoms with Gasteiger partial charge in [-0.05, 0) is 48.9 Å². The van der Waals surface area contributed by atoms with Crippen LogP contribution in [0.3, 0.4) is 0 Å². The molecule has 1 fully saturated rings. The lowest BCUT2D eigenvalue weighted by Gasteiger charge is -2.43. The maximum absolute atomic E-state index is 10.4. The van der Waals surface area contributed by atoms with E-state index in [1.807, 2.05) is 25.1 Å². The molecular formula is C13H18O2. The molecule has 1 saturated carbocycles. The van der Waals surface area contributed by atoms with E-state index >= 15 is 0 Å². The molecule has 2 heteroatoms. The Morgan fingerprint density at radius 2 is 2.07 bits per heavy atom. The minimum atomic E-state index is -0.588. The molecule has 2 rings (SSSR count). The first-order valence-electron chi connectivity index (χ1n) is 5.42. The zero-order valence-electron chi connectivity index (χ0n) is 9.58. The van der Waals surface area contributed by atoms with E-state index in [-0.39, 0.29) is 0 Å². The molecule has 82 valence electrons. The first-order valence-corrected chi connectivity index (χ1v) is 5.42. The largest absolute Gasteiger partial charge is 0.497 e.